The molecule has 4 saturated carbocycles. The third-order valence-corrected chi connectivity index (χ3v) is 8.12. The van der Waals surface area contributed by atoms with Crippen LogP contribution in [-0.2, 0) is 12.6 Å². The molecule has 4 fully saturated rings. The number of hydrogen-bond acceptors (Lipinski definition) is 7. The van der Waals surface area contributed by atoms with Crippen molar-refractivity contribution in [2.45, 2.75) is 49.7 Å². The first kappa shape index (κ1) is 20.0. The summed E-state index contributed by atoms with van der Waals surface area (Å²) in [4.78, 5) is 22.5. The third-order valence-electron chi connectivity index (χ3n) is 8.12. The maximum Gasteiger partial charge on any atom is 0.330 e. The lowest BCUT2D eigenvalue weighted by Gasteiger charge is -2.60. The van der Waals surface area contributed by atoms with Gasteiger partial charge in [0.25, 0.3) is 0 Å². The van der Waals surface area contributed by atoms with Gasteiger partial charge in [0.15, 0.2) is 5.65 Å². The number of aromatic nitrogens is 6. The third kappa shape index (κ3) is 2.78. The van der Waals surface area contributed by atoms with E-state index in [4.69, 9.17) is 4.98 Å². The standard InChI is InChI=1S/C24H24FN7O2/c1-31-19-11-26-21(28-18-5-15-2-3-27-30-17(15)6-16(18)25)29-20(19)32(22(31)33)23-7-13-4-14(8-23)10-24(34,9-13)12-23/h2-3,5-6,11,13-14,34H,4,7-10,12H2,1H3,(H,26,28,29). The van der Waals surface area contributed by atoms with Crippen LogP contribution in [0.1, 0.15) is 38.5 Å². The van der Waals surface area contributed by atoms with Crippen molar-refractivity contribution < 1.29 is 9.50 Å². The minimum atomic E-state index is -0.711. The minimum absolute atomic E-state index is 0.150. The minimum Gasteiger partial charge on any atom is -0.390 e. The largest absolute Gasteiger partial charge is 0.390 e. The van der Waals surface area contributed by atoms with Gasteiger partial charge in [-0.15, -0.1) is 0 Å². The Bertz CT molecular complexity index is 1530. The van der Waals surface area contributed by atoms with Crippen LogP contribution in [0.15, 0.2) is 35.4 Å². The number of fused-ring (bicyclic) bond motifs is 2. The first-order chi connectivity index (χ1) is 16.3. The van der Waals surface area contributed by atoms with Gasteiger partial charge in [-0.1, -0.05) is 0 Å². The SMILES string of the molecule is Cn1c(=O)n(C23CC4CC(CC(O)(C4)C2)C3)c2nc(Nc3cc4ccnnc4cc3F)ncc21. The van der Waals surface area contributed by atoms with E-state index in [9.17, 15) is 14.3 Å². The highest BCUT2D eigenvalue weighted by Gasteiger charge is 2.59. The Hall–Kier alpha value is -3.40. The fraction of sp³-hybridized carbons (Fsp3) is 0.458. The maximum atomic E-state index is 14.7. The van der Waals surface area contributed by atoms with E-state index in [-0.39, 0.29) is 17.3 Å². The highest BCUT2D eigenvalue weighted by atomic mass is 19.1. The zero-order valence-corrected chi connectivity index (χ0v) is 18.7. The van der Waals surface area contributed by atoms with Crippen LogP contribution in [0.2, 0.25) is 0 Å². The zero-order chi connectivity index (χ0) is 23.2. The predicted molar refractivity (Wildman–Crippen MR) is 123 cm³/mol. The smallest absolute Gasteiger partial charge is 0.330 e. The van der Waals surface area contributed by atoms with Gasteiger partial charge >= 0.3 is 5.69 Å². The van der Waals surface area contributed by atoms with E-state index >= 15 is 0 Å². The Morgan fingerprint density at radius 2 is 2.00 bits per heavy atom. The Labute approximate surface area is 193 Å². The second-order valence-electron chi connectivity index (χ2n) is 10.5. The lowest BCUT2D eigenvalue weighted by Crippen LogP contribution is -2.61. The zero-order valence-electron chi connectivity index (χ0n) is 18.7. The second kappa shape index (κ2) is 6.59. The van der Waals surface area contributed by atoms with E-state index in [1.807, 2.05) is 0 Å². The van der Waals surface area contributed by atoms with Gasteiger partial charge in [0.05, 0.1) is 34.7 Å². The summed E-state index contributed by atoms with van der Waals surface area (Å²) in [7, 11) is 1.72. The average Bonchev–Trinajstić information content (AvgIpc) is 3.03. The van der Waals surface area contributed by atoms with Gasteiger partial charge in [0.1, 0.15) is 11.3 Å². The van der Waals surface area contributed by atoms with Crippen LogP contribution in [0.25, 0.3) is 22.1 Å². The van der Waals surface area contributed by atoms with Gasteiger partial charge in [0, 0.05) is 18.5 Å². The molecule has 2 unspecified atom stereocenters. The van der Waals surface area contributed by atoms with E-state index in [0.29, 0.717) is 34.9 Å². The number of aryl methyl sites for hydroxylation is 1. The number of benzene rings is 1. The summed E-state index contributed by atoms with van der Waals surface area (Å²) in [5, 5.41) is 22.7. The van der Waals surface area contributed by atoms with Crippen molar-refractivity contribution in [2.24, 2.45) is 18.9 Å². The summed E-state index contributed by atoms with van der Waals surface area (Å²) in [6.07, 6.45) is 8.22. The molecule has 3 heterocycles. The summed E-state index contributed by atoms with van der Waals surface area (Å²) in [5.74, 6) is 0.547. The first-order valence-electron chi connectivity index (χ1n) is 11.7. The van der Waals surface area contributed by atoms with E-state index < -0.39 is 17.0 Å². The summed E-state index contributed by atoms with van der Waals surface area (Å²) < 4.78 is 18.1. The molecule has 4 aromatic rings. The molecular formula is C24H24FN7O2. The van der Waals surface area contributed by atoms with E-state index in [2.05, 4.69) is 20.5 Å². The molecule has 4 aliphatic carbocycles. The van der Waals surface area contributed by atoms with Gasteiger partial charge in [-0.05, 0) is 62.5 Å². The summed E-state index contributed by atoms with van der Waals surface area (Å²) in [6, 6.07) is 4.71. The van der Waals surface area contributed by atoms with E-state index in [1.54, 1.807) is 40.7 Å². The summed E-state index contributed by atoms with van der Waals surface area (Å²) in [6.45, 7) is 0. The molecule has 3 aromatic heterocycles. The molecule has 0 saturated heterocycles. The number of nitrogens with zero attached hydrogens (tertiary/aromatic N) is 6. The highest BCUT2D eigenvalue weighted by molar-refractivity contribution is 5.83. The van der Waals surface area contributed by atoms with Gasteiger partial charge in [-0.25, -0.2) is 14.2 Å². The predicted octanol–water partition coefficient (Wildman–Crippen LogP) is 3.00. The Balaban J connectivity index is 1.35. The average molecular weight is 462 g/mol. The molecule has 10 heteroatoms. The van der Waals surface area contributed by atoms with Gasteiger partial charge in [0.2, 0.25) is 5.95 Å². The molecule has 4 bridgehead atoms. The lowest BCUT2D eigenvalue weighted by molar-refractivity contribution is -0.156. The second-order valence-corrected chi connectivity index (χ2v) is 10.5. The fourth-order valence-electron chi connectivity index (χ4n) is 7.25. The maximum absolute atomic E-state index is 14.7. The molecule has 2 N–H and O–H groups in total. The van der Waals surface area contributed by atoms with Crippen LogP contribution in [0.3, 0.4) is 0 Å². The first-order valence-corrected chi connectivity index (χ1v) is 11.7. The van der Waals surface area contributed by atoms with Gasteiger partial charge in [-0.3, -0.25) is 9.13 Å². The molecule has 34 heavy (non-hydrogen) atoms. The van der Waals surface area contributed by atoms with Crippen molar-refractivity contribution in [3.8, 4) is 0 Å². The van der Waals surface area contributed by atoms with Crippen molar-refractivity contribution in [1.29, 1.82) is 0 Å². The number of imidazole rings is 1. The molecule has 0 aliphatic heterocycles. The normalized spacial score (nSPS) is 29.9. The van der Waals surface area contributed by atoms with Crippen LogP contribution >= 0.6 is 0 Å². The molecular weight excluding hydrogens is 437 g/mol. The number of hydrogen-bond donors (Lipinski definition) is 2. The van der Waals surface area contributed by atoms with Crippen LogP contribution < -0.4 is 11.0 Å². The molecule has 4 aliphatic rings. The van der Waals surface area contributed by atoms with Crippen molar-refractivity contribution >= 4 is 33.7 Å². The molecule has 0 radical (unpaired) electrons. The van der Waals surface area contributed by atoms with Crippen LogP contribution in [0.4, 0.5) is 16.0 Å². The summed E-state index contributed by atoms with van der Waals surface area (Å²) in [5.41, 5.74) is 0.496. The quantitative estimate of drug-likeness (QED) is 0.483. The molecule has 8 rings (SSSR count). The highest BCUT2D eigenvalue weighted by Crippen LogP contribution is 2.60. The number of aliphatic hydroxyl groups is 1. The Morgan fingerprint density at radius 1 is 1.21 bits per heavy atom. The molecule has 0 amide bonds. The number of nitrogens with one attached hydrogen (secondary N) is 1. The Kier molecular flexibility index (Phi) is 3.88. The van der Waals surface area contributed by atoms with Crippen molar-refractivity contribution in [2.75, 3.05) is 5.32 Å². The molecule has 1 aromatic carbocycles. The topological polar surface area (TPSA) is 111 Å². The monoisotopic (exact) mass is 461 g/mol. The molecule has 174 valence electrons. The van der Waals surface area contributed by atoms with Crippen molar-refractivity contribution in [3.05, 3.63) is 46.9 Å². The van der Waals surface area contributed by atoms with Crippen LogP contribution in [-0.4, -0.2) is 40.0 Å². The van der Waals surface area contributed by atoms with Crippen molar-refractivity contribution in [1.82, 2.24) is 29.3 Å². The molecule has 9 nitrogen and oxygen atoms in total. The van der Waals surface area contributed by atoms with E-state index in [0.717, 1.165) is 37.5 Å². The molecule has 0 spiro atoms. The van der Waals surface area contributed by atoms with Gasteiger partial charge < -0.3 is 10.4 Å². The van der Waals surface area contributed by atoms with E-state index in [1.165, 1.54) is 6.07 Å². The fourth-order valence-corrected chi connectivity index (χ4v) is 7.25. The number of halogens is 1. The van der Waals surface area contributed by atoms with Gasteiger partial charge in [-0.2, -0.15) is 15.2 Å². The number of rotatable bonds is 3. The van der Waals surface area contributed by atoms with Crippen LogP contribution in [0.5, 0.6) is 0 Å². The number of anilines is 2. The summed E-state index contributed by atoms with van der Waals surface area (Å²) >= 11 is 0. The lowest BCUT2D eigenvalue weighted by atomic mass is 9.51. The Morgan fingerprint density at radius 3 is 2.76 bits per heavy atom. The van der Waals surface area contributed by atoms with Crippen LogP contribution in [0, 0.1) is 17.7 Å². The molecule has 2 atom stereocenters. The van der Waals surface area contributed by atoms with Crippen molar-refractivity contribution in [3.63, 3.8) is 0 Å².